The lowest BCUT2D eigenvalue weighted by Gasteiger charge is -2.08. The molecule has 7 nitrogen and oxygen atoms in total. The van der Waals surface area contributed by atoms with Crippen LogP contribution in [0.5, 0.6) is 0 Å². The number of hydrogen-bond donors (Lipinski definition) is 1. The largest absolute Gasteiger partial charge is 0.343 e. The molecule has 1 N–H and O–H groups in total. The standard InChI is InChI=1S/C9H13O7PS2/c1-17(10,11)7-16-19(14,15)9-5-3-8(4-6-9)18(2,12)13/h3-6H,7H2,1-2H3,(H,10,11). The first-order valence-electron chi connectivity index (χ1n) is 4.91. The van der Waals surface area contributed by atoms with Crippen LogP contribution in [0, 0.1) is 0 Å². The molecule has 1 unspecified atom stereocenters. The van der Waals surface area contributed by atoms with Gasteiger partial charge < -0.3 is 4.89 Å². The van der Waals surface area contributed by atoms with E-state index in [0.717, 1.165) is 37.2 Å². The summed E-state index contributed by atoms with van der Waals surface area (Å²) in [7, 11) is -11.2. The quantitative estimate of drug-likeness (QED) is 0.623. The molecule has 0 bridgehead atoms. The van der Waals surface area contributed by atoms with Crippen molar-refractivity contribution < 1.29 is 30.5 Å². The molecule has 10 heteroatoms. The fourth-order valence-electron chi connectivity index (χ4n) is 1.09. The van der Waals surface area contributed by atoms with Gasteiger partial charge in [-0.25, -0.2) is 8.42 Å². The third kappa shape index (κ3) is 5.04. The van der Waals surface area contributed by atoms with Crippen LogP contribution in [0.15, 0.2) is 34.1 Å². The molecule has 0 aliphatic carbocycles. The molecule has 0 amide bonds. The summed E-state index contributed by atoms with van der Waals surface area (Å²) in [4.78, 5) is 8.65. The average molecular weight is 328 g/mol. The summed E-state index contributed by atoms with van der Waals surface area (Å²) in [6.45, 7) is 0.968. The van der Waals surface area contributed by atoms with Crippen LogP contribution < -0.4 is 0 Å². The molecule has 1 aromatic carbocycles. The Labute approximate surface area is 111 Å². The molecule has 0 radical (unpaired) electrons. The van der Waals surface area contributed by atoms with Gasteiger partial charge in [-0.05, 0) is 24.3 Å². The highest BCUT2D eigenvalue weighted by Crippen LogP contribution is 2.36. The SMILES string of the molecule is CP(=O)(O)COS(=O)(=O)c1ccc(S(C)(=O)=O)cc1. The van der Waals surface area contributed by atoms with Gasteiger partial charge in [-0.2, -0.15) is 8.42 Å². The van der Waals surface area contributed by atoms with Crippen molar-refractivity contribution in [3.63, 3.8) is 0 Å². The van der Waals surface area contributed by atoms with Gasteiger partial charge in [-0.3, -0.25) is 8.75 Å². The van der Waals surface area contributed by atoms with Crippen LogP contribution in [0.25, 0.3) is 0 Å². The van der Waals surface area contributed by atoms with Crippen LogP contribution in [0.4, 0.5) is 0 Å². The van der Waals surface area contributed by atoms with Crippen molar-refractivity contribution in [1.29, 1.82) is 0 Å². The van der Waals surface area contributed by atoms with Crippen LogP contribution in [-0.2, 0) is 28.7 Å². The molecule has 1 aromatic rings. The van der Waals surface area contributed by atoms with Gasteiger partial charge in [0.25, 0.3) is 10.1 Å². The highest BCUT2D eigenvalue weighted by atomic mass is 32.2. The Kier molecular flexibility index (Phi) is 4.58. The molecule has 1 atom stereocenters. The molecule has 0 fully saturated rings. The lowest BCUT2D eigenvalue weighted by Crippen LogP contribution is -2.08. The molecule has 0 aromatic heterocycles. The zero-order chi connectivity index (χ0) is 14.9. The minimum Gasteiger partial charge on any atom is -0.343 e. The van der Waals surface area contributed by atoms with E-state index in [0.29, 0.717) is 0 Å². The maximum atomic E-state index is 11.6. The average Bonchev–Trinajstić information content (AvgIpc) is 2.25. The second kappa shape index (κ2) is 5.34. The fraction of sp³-hybridized carbons (Fsp3) is 0.333. The highest BCUT2D eigenvalue weighted by Gasteiger charge is 2.20. The van der Waals surface area contributed by atoms with E-state index in [9.17, 15) is 21.4 Å². The summed E-state index contributed by atoms with van der Waals surface area (Å²) in [6, 6.07) is 4.36. The van der Waals surface area contributed by atoms with Gasteiger partial charge in [0.15, 0.2) is 9.84 Å². The van der Waals surface area contributed by atoms with E-state index in [-0.39, 0.29) is 9.79 Å². The highest BCUT2D eigenvalue weighted by molar-refractivity contribution is 7.90. The van der Waals surface area contributed by atoms with E-state index in [1.54, 1.807) is 0 Å². The third-order valence-electron chi connectivity index (χ3n) is 1.99. The van der Waals surface area contributed by atoms with Crippen molar-refractivity contribution in [2.45, 2.75) is 9.79 Å². The molecule has 0 saturated carbocycles. The molecular weight excluding hydrogens is 315 g/mol. The van der Waals surface area contributed by atoms with Gasteiger partial charge in [0.05, 0.1) is 9.79 Å². The van der Waals surface area contributed by atoms with Gasteiger partial charge in [0.1, 0.15) is 6.35 Å². The molecule has 1 rings (SSSR count). The van der Waals surface area contributed by atoms with E-state index in [4.69, 9.17) is 4.89 Å². The number of hydrogen-bond acceptors (Lipinski definition) is 6. The molecular formula is C9H13O7PS2. The van der Waals surface area contributed by atoms with Crippen molar-refractivity contribution in [1.82, 2.24) is 0 Å². The molecule has 108 valence electrons. The summed E-state index contributed by atoms with van der Waals surface area (Å²) in [5.41, 5.74) is 0. The monoisotopic (exact) mass is 328 g/mol. The van der Waals surface area contributed by atoms with Crippen LogP contribution in [-0.4, -0.2) is 41.0 Å². The minimum absolute atomic E-state index is 0.0326. The summed E-state index contributed by atoms with van der Waals surface area (Å²) >= 11 is 0. The van der Waals surface area contributed by atoms with Crippen molar-refractivity contribution in [2.75, 3.05) is 19.3 Å². The van der Waals surface area contributed by atoms with Gasteiger partial charge in [0.2, 0.25) is 7.37 Å². The first-order chi connectivity index (χ1) is 8.42. The summed E-state index contributed by atoms with van der Waals surface area (Å²) in [5, 5.41) is 0. The van der Waals surface area contributed by atoms with Crippen LogP contribution >= 0.6 is 7.37 Å². The maximum Gasteiger partial charge on any atom is 0.297 e. The molecule has 0 aliphatic rings. The predicted octanol–water partition coefficient (Wildman–Crippen LogP) is 0.653. The Morgan fingerprint density at radius 1 is 1.11 bits per heavy atom. The van der Waals surface area contributed by atoms with Gasteiger partial charge in [-0.15, -0.1) is 0 Å². The zero-order valence-electron chi connectivity index (χ0n) is 10.2. The summed E-state index contributed by atoms with van der Waals surface area (Å²) in [5.74, 6) is 0. The second-order valence-electron chi connectivity index (χ2n) is 4.00. The van der Waals surface area contributed by atoms with E-state index in [2.05, 4.69) is 4.18 Å². The molecule has 0 heterocycles. The Balaban J connectivity index is 3.01. The number of sulfone groups is 1. The zero-order valence-corrected chi connectivity index (χ0v) is 12.7. The first kappa shape index (κ1) is 16.3. The second-order valence-corrected chi connectivity index (χ2v) is 9.99. The number of rotatable bonds is 5. The maximum absolute atomic E-state index is 11.6. The van der Waals surface area contributed by atoms with E-state index in [1.807, 2.05) is 0 Å². The van der Waals surface area contributed by atoms with Crippen molar-refractivity contribution >= 4 is 27.3 Å². The van der Waals surface area contributed by atoms with Crippen LogP contribution in [0.1, 0.15) is 0 Å². The Morgan fingerprint density at radius 3 is 1.89 bits per heavy atom. The van der Waals surface area contributed by atoms with Crippen molar-refractivity contribution in [3.8, 4) is 0 Å². The fourth-order valence-corrected chi connectivity index (χ4v) is 3.66. The molecule has 19 heavy (non-hydrogen) atoms. The first-order valence-corrected chi connectivity index (χ1v) is 10.5. The molecule has 0 saturated heterocycles. The number of benzene rings is 1. The normalized spacial score (nSPS) is 15.9. The van der Waals surface area contributed by atoms with Gasteiger partial charge in [0, 0.05) is 12.9 Å². The van der Waals surface area contributed by atoms with Gasteiger partial charge >= 0.3 is 0 Å². The summed E-state index contributed by atoms with van der Waals surface area (Å²) in [6.07, 6.45) is 0.162. The van der Waals surface area contributed by atoms with Crippen LogP contribution in [0.2, 0.25) is 0 Å². The minimum atomic E-state index is -4.18. The third-order valence-corrected chi connectivity index (χ3v) is 5.18. The molecule has 0 spiro atoms. The van der Waals surface area contributed by atoms with E-state index >= 15 is 0 Å². The Bertz CT molecular complexity index is 697. The Morgan fingerprint density at radius 2 is 1.53 bits per heavy atom. The van der Waals surface area contributed by atoms with E-state index in [1.165, 1.54) is 0 Å². The molecule has 0 aliphatic heterocycles. The van der Waals surface area contributed by atoms with Crippen molar-refractivity contribution in [3.05, 3.63) is 24.3 Å². The van der Waals surface area contributed by atoms with Crippen LogP contribution in [0.3, 0.4) is 0 Å². The topological polar surface area (TPSA) is 115 Å². The van der Waals surface area contributed by atoms with Gasteiger partial charge in [-0.1, -0.05) is 0 Å². The summed E-state index contributed by atoms with van der Waals surface area (Å²) < 4.78 is 61.1. The predicted molar refractivity (Wildman–Crippen MR) is 68.4 cm³/mol. The smallest absolute Gasteiger partial charge is 0.297 e. The lowest BCUT2D eigenvalue weighted by molar-refractivity contribution is 0.348. The van der Waals surface area contributed by atoms with Crippen molar-refractivity contribution in [2.24, 2.45) is 0 Å². The Hall–Kier alpha value is -0.730. The van der Waals surface area contributed by atoms with E-state index < -0.39 is 33.7 Å². The lowest BCUT2D eigenvalue weighted by atomic mass is 10.4.